The molecule has 0 aliphatic heterocycles. The zero-order chi connectivity index (χ0) is 12.1. The highest BCUT2D eigenvalue weighted by atomic mass is 32.2. The summed E-state index contributed by atoms with van der Waals surface area (Å²) in [6, 6.07) is 0. The van der Waals surface area contributed by atoms with E-state index in [9.17, 15) is 8.42 Å². The van der Waals surface area contributed by atoms with Crippen molar-refractivity contribution in [2.45, 2.75) is 12.3 Å². The molecule has 92 valence electrons. The predicted octanol–water partition coefficient (Wildman–Crippen LogP) is -2.23. The minimum Gasteiger partial charge on any atom is -0.396 e. The molecule has 0 radical (unpaired) electrons. The normalized spacial score (nSPS) is 15.3. The summed E-state index contributed by atoms with van der Waals surface area (Å²) in [6.07, 6.45) is 0. The highest BCUT2D eigenvalue weighted by molar-refractivity contribution is 7.86. The molecule has 1 atom stereocenters. The molecule has 0 aliphatic carbocycles. The summed E-state index contributed by atoms with van der Waals surface area (Å²) in [5.41, 5.74) is -1.20. The van der Waals surface area contributed by atoms with Gasteiger partial charge >= 0.3 is 0 Å². The quantitative estimate of drug-likeness (QED) is 0.320. The topological polar surface area (TPSA) is 127 Å². The number of aliphatic hydroxyl groups excluding tert-OH is 3. The molecule has 0 aliphatic rings. The van der Waals surface area contributed by atoms with Crippen molar-refractivity contribution < 1.29 is 28.3 Å². The van der Waals surface area contributed by atoms with E-state index < -0.39 is 40.7 Å². The summed E-state index contributed by atoms with van der Waals surface area (Å²) >= 11 is 0. The molecule has 1 unspecified atom stereocenters. The van der Waals surface area contributed by atoms with Crippen LogP contribution in [0.1, 0.15) is 6.92 Å². The van der Waals surface area contributed by atoms with Gasteiger partial charge in [0.2, 0.25) is 0 Å². The van der Waals surface area contributed by atoms with Gasteiger partial charge in [0.15, 0.2) is 0 Å². The van der Waals surface area contributed by atoms with Gasteiger partial charge in [-0.2, -0.15) is 8.42 Å². The van der Waals surface area contributed by atoms with Gasteiger partial charge in [0.1, 0.15) is 5.37 Å². The van der Waals surface area contributed by atoms with Crippen molar-refractivity contribution >= 4 is 10.1 Å². The van der Waals surface area contributed by atoms with Crippen LogP contribution in [0.3, 0.4) is 0 Å². The summed E-state index contributed by atoms with van der Waals surface area (Å²) < 4.78 is 29.9. The minimum atomic E-state index is -4.21. The number of aliphatic hydroxyl groups is 3. The first-order chi connectivity index (χ1) is 6.81. The second kappa shape index (κ2) is 5.73. The van der Waals surface area contributed by atoms with Crippen LogP contribution in [0, 0.1) is 5.41 Å². The molecular weight excluding hydrogens is 226 g/mol. The van der Waals surface area contributed by atoms with Gasteiger partial charge < -0.3 is 15.3 Å². The summed E-state index contributed by atoms with van der Waals surface area (Å²) in [6.45, 7) is -0.398. The Morgan fingerprint density at radius 3 is 1.87 bits per heavy atom. The van der Waals surface area contributed by atoms with Crippen molar-refractivity contribution in [2.75, 3.05) is 26.4 Å². The third kappa shape index (κ3) is 4.41. The first kappa shape index (κ1) is 14.8. The predicted molar refractivity (Wildman–Crippen MR) is 52.7 cm³/mol. The van der Waals surface area contributed by atoms with Crippen LogP contribution < -0.4 is 5.32 Å². The van der Waals surface area contributed by atoms with E-state index in [0.717, 1.165) is 0 Å². The van der Waals surface area contributed by atoms with Gasteiger partial charge in [0.05, 0.1) is 25.2 Å². The Morgan fingerprint density at radius 2 is 1.60 bits per heavy atom. The van der Waals surface area contributed by atoms with E-state index in [2.05, 4.69) is 5.32 Å². The molecule has 0 heterocycles. The summed E-state index contributed by atoms with van der Waals surface area (Å²) in [5, 5.41) is 27.9. The zero-order valence-corrected chi connectivity index (χ0v) is 9.24. The third-order valence-corrected chi connectivity index (χ3v) is 3.28. The van der Waals surface area contributed by atoms with Crippen LogP contribution in [0.2, 0.25) is 0 Å². The van der Waals surface area contributed by atoms with Gasteiger partial charge in [-0.05, 0) is 6.92 Å². The SMILES string of the molecule is CC(NCC(CO)(CO)CO)S(=O)(=O)O. The monoisotopic (exact) mass is 243 g/mol. The van der Waals surface area contributed by atoms with Crippen molar-refractivity contribution in [3.63, 3.8) is 0 Å². The van der Waals surface area contributed by atoms with Crippen LogP contribution in [0.15, 0.2) is 0 Å². The van der Waals surface area contributed by atoms with E-state index in [1.54, 1.807) is 0 Å². The fraction of sp³-hybridized carbons (Fsp3) is 1.00. The van der Waals surface area contributed by atoms with E-state index in [0.29, 0.717) is 0 Å². The van der Waals surface area contributed by atoms with Crippen LogP contribution in [0.5, 0.6) is 0 Å². The largest absolute Gasteiger partial charge is 0.396 e. The molecule has 0 rings (SSSR count). The third-order valence-electron chi connectivity index (χ3n) is 2.22. The van der Waals surface area contributed by atoms with Crippen molar-refractivity contribution in [3.8, 4) is 0 Å². The van der Waals surface area contributed by atoms with E-state index in [4.69, 9.17) is 19.9 Å². The summed E-state index contributed by atoms with van der Waals surface area (Å²) in [5.74, 6) is 0. The lowest BCUT2D eigenvalue weighted by Gasteiger charge is -2.28. The second-order valence-corrected chi connectivity index (χ2v) is 5.25. The Labute approximate surface area is 88.5 Å². The van der Waals surface area contributed by atoms with Gasteiger partial charge in [-0.3, -0.25) is 9.87 Å². The lowest BCUT2D eigenvalue weighted by atomic mass is 9.91. The van der Waals surface area contributed by atoms with E-state index in [1.807, 2.05) is 0 Å². The van der Waals surface area contributed by atoms with Gasteiger partial charge in [-0.15, -0.1) is 0 Å². The molecule has 0 spiro atoms. The highest BCUT2D eigenvalue weighted by Gasteiger charge is 2.30. The summed E-state index contributed by atoms with van der Waals surface area (Å²) in [4.78, 5) is 0. The number of hydrogen-bond acceptors (Lipinski definition) is 6. The molecule has 5 N–H and O–H groups in total. The standard InChI is InChI=1S/C7H17NO6S/c1-6(15(12,13)14)8-2-7(3-9,4-10)5-11/h6,8-11H,2-5H2,1H3,(H,12,13,14). The van der Waals surface area contributed by atoms with Gasteiger partial charge in [0, 0.05) is 6.54 Å². The number of rotatable bonds is 7. The number of hydrogen-bond donors (Lipinski definition) is 5. The fourth-order valence-electron chi connectivity index (χ4n) is 0.783. The molecule has 8 heteroatoms. The maximum atomic E-state index is 10.6. The van der Waals surface area contributed by atoms with E-state index in [-0.39, 0.29) is 6.54 Å². The number of nitrogens with one attached hydrogen (secondary N) is 1. The Bertz CT molecular complexity index is 265. The van der Waals surface area contributed by atoms with Crippen molar-refractivity contribution in [3.05, 3.63) is 0 Å². The molecule has 0 bridgehead atoms. The van der Waals surface area contributed by atoms with E-state index in [1.165, 1.54) is 6.92 Å². The van der Waals surface area contributed by atoms with Crippen molar-refractivity contribution in [1.82, 2.24) is 5.32 Å². The average Bonchev–Trinajstić information content (AvgIpc) is 2.19. The maximum absolute atomic E-state index is 10.6. The fourth-order valence-corrected chi connectivity index (χ4v) is 1.08. The Hall–Kier alpha value is -0.250. The Kier molecular flexibility index (Phi) is 5.63. The van der Waals surface area contributed by atoms with Crippen molar-refractivity contribution in [1.29, 1.82) is 0 Å². The van der Waals surface area contributed by atoms with Crippen LogP contribution in [0.4, 0.5) is 0 Å². The first-order valence-electron chi connectivity index (χ1n) is 4.33. The molecule has 0 aromatic rings. The smallest absolute Gasteiger partial charge is 0.280 e. The molecule has 0 amide bonds. The van der Waals surface area contributed by atoms with Crippen LogP contribution in [0.25, 0.3) is 0 Å². The van der Waals surface area contributed by atoms with Crippen LogP contribution >= 0.6 is 0 Å². The lowest BCUT2D eigenvalue weighted by molar-refractivity contribution is 0.00605. The van der Waals surface area contributed by atoms with Crippen LogP contribution in [-0.2, 0) is 10.1 Å². The highest BCUT2D eigenvalue weighted by Crippen LogP contribution is 2.13. The van der Waals surface area contributed by atoms with Crippen molar-refractivity contribution in [2.24, 2.45) is 5.41 Å². The molecular formula is C7H17NO6S. The van der Waals surface area contributed by atoms with Gasteiger partial charge in [-0.1, -0.05) is 0 Å². The summed E-state index contributed by atoms with van der Waals surface area (Å²) in [7, 11) is -4.21. The maximum Gasteiger partial charge on any atom is 0.280 e. The average molecular weight is 243 g/mol. The Morgan fingerprint density at radius 1 is 1.20 bits per heavy atom. The van der Waals surface area contributed by atoms with E-state index >= 15 is 0 Å². The molecule has 0 fully saturated rings. The Balaban J connectivity index is 4.35. The van der Waals surface area contributed by atoms with Gasteiger partial charge in [-0.25, -0.2) is 0 Å². The molecule has 7 nitrogen and oxygen atoms in total. The second-order valence-electron chi connectivity index (χ2n) is 3.51. The minimum absolute atomic E-state index is 0.128. The first-order valence-corrected chi connectivity index (χ1v) is 5.84. The van der Waals surface area contributed by atoms with Gasteiger partial charge in [0.25, 0.3) is 10.1 Å². The zero-order valence-electron chi connectivity index (χ0n) is 8.42. The molecule has 0 aromatic heterocycles. The van der Waals surface area contributed by atoms with Crippen LogP contribution in [-0.4, -0.2) is 60.0 Å². The molecule has 15 heavy (non-hydrogen) atoms. The molecule has 0 saturated heterocycles. The lowest BCUT2D eigenvalue weighted by Crippen LogP contribution is -2.47. The molecule has 0 aromatic carbocycles. The molecule has 0 saturated carbocycles.